The van der Waals surface area contributed by atoms with E-state index in [0.717, 1.165) is 5.56 Å². The summed E-state index contributed by atoms with van der Waals surface area (Å²) < 4.78 is 20.3. The second kappa shape index (κ2) is 6.18. The second-order valence-electron chi connectivity index (χ2n) is 6.06. The third-order valence-electron chi connectivity index (χ3n) is 4.46. The summed E-state index contributed by atoms with van der Waals surface area (Å²) in [6, 6.07) is 11.1. The molecule has 132 valence electrons. The number of anilines is 1. The van der Waals surface area contributed by atoms with Crippen LogP contribution >= 0.6 is 0 Å². The summed E-state index contributed by atoms with van der Waals surface area (Å²) >= 11 is 0. The largest absolute Gasteiger partial charge is 0.504 e. The maximum Gasteiger partial charge on any atom is 0.226 e. The van der Waals surface area contributed by atoms with E-state index in [2.05, 4.69) is 10.3 Å². The number of hydrogen-bond acceptors (Lipinski definition) is 4. The van der Waals surface area contributed by atoms with E-state index in [9.17, 15) is 14.3 Å². The van der Waals surface area contributed by atoms with Crippen LogP contribution in [0.2, 0.25) is 0 Å². The molecule has 0 bridgehead atoms. The molecule has 2 N–H and O–H groups in total. The lowest BCUT2D eigenvalue weighted by atomic mass is 9.89. The van der Waals surface area contributed by atoms with Gasteiger partial charge in [-0.3, -0.25) is 9.36 Å². The number of halogens is 1. The van der Waals surface area contributed by atoms with Crippen LogP contribution in [0.5, 0.6) is 11.5 Å². The van der Waals surface area contributed by atoms with Gasteiger partial charge in [0, 0.05) is 12.3 Å². The van der Waals surface area contributed by atoms with Crippen molar-refractivity contribution in [3.05, 3.63) is 65.9 Å². The number of phenolic OH excluding ortho intramolecular Hbond substituents is 1. The van der Waals surface area contributed by atoms with Crippen molar-refractivity contribution in [1.29, 1.82) is 0 Å². The van der Waals surface area contributed by atoms with Gasteiger partial charge in [0.1, 0.15) is 18.0 Å². The molecule has 26 heavy (non-hydrogen) atoms. The quantitative estimate of drug-likeness (QED) is 0.758. The Bertz CT molecular complexity index is 999. The van der Waals surface area contributed by atoms with E-state index in [1.165, 1.54) is 19.2 Å². The van der Waals surface area contributed by atoms with Gasteiger partial charge < -0.3 is 15.2 Å². The van der Waals surface area contributed by atoms with Crippen molar-refractivity contribution < 1.29 is 19.0 Å². The Labute approximate surface area is 148 Å². The first-order valence-corrected chi connectivity index (χ1v) is 8.06. The number of nitrogens with one attached hydrogen (secondary N) is 1. The number of hydrogen-bond donors (Lipinski definition) is 2. The number of aromatic hydroxyl groups is 1. The molecule has 0 saturated heterocycles. The first-order valence-electron chi connectivity index (χ1n) is 8.06. The van der Waals surface area contributed by atoms with Crippen LogP contribution < -0.4 is 10.1 Å². The van der Waals surface area contributed by atoms with Gasteiger partial charge in [-0.05, 0) is 35.9 Å². The van der Waals surface area contributed by atoms with Gasteiger partial charge in [-0.1, -0.05) is 12.1 Å². The number of fused-ring (bicyclic) bond motifs is 1. The van der Waals surface area contributed by atoms with Crippen molar-refractivity contribution in [3.63, 3.8) is 0 Å². The first kappa shape index (κ1) is 16.1. The predicted octanol–water partition coefficient (Wildman–Crippen LogP) is 3.20. The Morgan fingerprint density at radius 1 is 1.31 bits per heavy atom. The molecule has 1 aromatic heterocycles. The van der Waals surface area contributed by atoms with Crippen LogP contribution in [0, 0.1) is 5.82 Å². The Balaban J connectivity index is 1.80. The number of aromatic nitrogens is 2. The van der Waals surface area contributed by atoms with Crippen LogP contribution in [-0.4, -0.2) is 27.7 Å². The third-order valence-corrected chi connectivity index (χ3v) is 4.46. The number of imidazole rings is 1. The molecule has 3 aromatic rings. The van der Waals surface area contributed by atoms with E-state index in [0.29, 0.717) is 22.9 Å². The van der Waals surface area contributed by atoms with Crippen LogP contribution in [0.3, 0.4) is 0 Å². The van der Waals surface area contributed by atoms with Crippen LogP contribution in [-0.2, 0) is 4.79 Å². The van der Waals surface area contributed by atoms with Gasteiger partial charge in [0.15, 0.2) is 11.5 Å². The summed E-state index contributed by atoms with van der Waals surface area (Å²) in [4.78, 5) is 16.7. The number of rotatable bonds is 3. The number of carbonyl (C=O) groups is 1. The average molecular weight is 353 g/mol. The molecule has 7 heteroatoms. The van der Waals surface area contributed by atoms with Crippen LogP contribution in [0.1, 0.15) is 23.6 Å². The van der Waals surface area contributed by atoms with Gasteiger partial charge in [-0.25, -0.2) is 9.37 Å². The average Bonchev–Trinajstić information content (AvgIpc) is 3.04. The van der Waals surface area contributed by atoms with Crippen molar-refractivity contribution in [2.75, 3.05) is 12.4 Å². The minimum absolute atomic E-state index is 0.00194. The Kier molecular flexibility index (Phi) is 3.84. The number of ether oxygens (including phenoxy) is 1. The van der Waals surface area contributed by atoms with Crippen molar-refractivity contribution in [3.8, 4) is 17.2 Å². The number of benzene rings is 2. The summed E-state index contributed by atoms with van der Waals surface area (Å²) in [7, 11) is 1.47. The molecule has 1 atom stereocenters. The van der Waals surface area contributed by atoms with Crippen molar-refractivity contribution in [2.24, 2.45) is 0 Å². The Morgan fingerprint density at radius 3 is 2.88 bits per heavy atom. The standard InChI is InChI=1S/C19H16FN3O3/c1-26-16-6-5-11(7-15(16)24)14-9-17(25)22-19-18(14)21-10-23(19)13-4-2-3-12(20)8-13/h2-8,10,14,24H,9H2,1H3,(H,22,25)/t14-/m1/s1. The maximum absolute atomic E-state index is 13.6. The lowest BCUT2D eigenvalue weighted by Gasteiger charge is -2.23. The molecule has 0 radical (unpaired) electrons. The predicted molar refractivity (Wildman–Crippen MR) is 93.3 cm³/mol. The van der Waals surface area contributed by atoms with E-state index < -0.39 is 0 Å². The molecule has 1 amide bonds. The highest BCUT2D eigenvalue weighted by molar-refractivity contribution is 5.94. The van der Waals surface area contributed by atoms with Crippen molar-refractivity contribution >= 4 is 11.7 Å². The van der Waals surface area contributed by atoms with Gasteiger partial charge in [-0.15, -0.1) is 0 Å². The zero-order chi connectivity index (χ0) is 18.3. The highest BCUT2D eigenvalue weighted by Crippen LogP contribution is 2.39. The summed E-state index contributed by atoms with van der Waals surface area (Å²) in [5.41, 5.74) is 1.99. The van der Waals surface area contributed by atoms with Gasteiger partial charge >= 0.3 is 0 Å². The zero-order valence-corrected chi connectivity index (χ0v) is 13.9. The fraction of sp³-hybridized carbons (Fsp3) is 0.158. The minimum atomic E-state index is -0.372. The number of phenols is 1. The van der Waals surface area contributed by atoms with Crippen LogP contribution in [0.4, 0.5) is 10.2 Å². The molecule has 2 heterocycles. The minimum Gasteiger partial charge on any atom is -0.504 e. The third kappa shape index (κ3) is 2.67. The molecule has 0 saturated carbocycles. The number of nitrogens with zero attached hydrogens (tertiary/aromatic N) is 2. The maximum atomic E-state index is 13.6. The molecule has 0 spiro atoms. The van der Waals surface area contributed by atoms with E-state index in [4.69, 9.17) is 4.74 Å². The van der Waals surface area contributed by atoms with Crippen molar-refractivity contribution in [2.45, 2.75) is 12.3 Å². The molecule has 0 fully saturated rings. The summed E-state index contributed by atoms with van der Waals surface area (Å²) in [6.45, 7) is 0. The van der Waals surface area contributed by atoms with Gasteiger partial charge in [0.05, 0.1) is 18.5 Å². The Hall–Kier alpha value is -3.35. The number of methoxy groups -OCH3 is 1. The molecular formula is C19H16FN3O3. The molecule has 4 rings (SSSR count). The summed E-state index contributed by atoms with van der Waals surface area (Å²) in [5, 5.41) is 12.9. The number of carbonyl (C=O) groups excluding carboxylic acids is 1. The first-order chi connectivity index (χ1) is 12.6. The summed E-state index contributed by atoms with van der Waals surface area (Å²) in [6.07, 6.45) is 1.76. The highest BCUT2D eigenvalue weighted by atomic mass is 19.1. The van der Waals surface area contributed by atoms with Crippen molar-refractivity contribution in [1.82, 2.24) is 9.55 Å². The molecule has 0 unspecified atom stereocenters. The van der Waals surface area contributed by atoms with Gasteiger partial charge in [-0.2, -0.15) is 0 Å². The monoisotopic (exact) mass is 353 g/mol. The molecule has 0 aliphatic carbocycles. The highest BCUT2D eigenvalue weighted by Gasteiger charge is 2.31. The van der Waals surface area contributed by atoms with Gasteiger partial charge in [0.2, 0.25) is 5.91 Å². The molecule has 2 aromatic carbocycles. The lowest BCUT2D eigenvalue weighted by molar-refractivity contribution is -0.116. The molecular weight excluding hydrogens is 337 g/mol. The van der Waals surface area contributed by atoms with Gasteiger partial charge in [0.25, 0.3) is 0 Å². The molecule has 1 aliphatic heterocycles. The molecule has 1 aliphatic rings. The fourth-order valence-corrected chi connectivity index (χ4v) is 3.23. The number of amides is 1. The van der Waals surface area contributed by atoms with E-state index in [1.54, 1.807) is 41.2 Å². The zero-order valence-electron chi connectivity index (χ0n) is 13.9. The van der Waals surface area contributed by atoms with E-state index in [1.807, 2.05) is 0 Å². The lowest BCUT2D eigenvalue weighted by Crippen LogP contribution is -2.24. The normalized spacial score (nSPS) is 16.1. The fourth-order valence-electron chi connectivity index (χ4n) is 3.23. The summed E-state index contributed by atoms with van der Waals surface area (Å²) in [5.74, 6) is 0.0128. The van der Waals surface area contributed by atoms with Crippen LogP contribution in [0.25, 0.3) is 5.69 Å². The van der Waals surface area contributed by atoms with E-state index in [-0.39, 0.29) is 29.8 Å². The van der Waals surface area contributed by atoms with E-state index >= 15 is 0 Å². The topological polar surface area (TPSA) is 76.4 Å². The SMILES string of the molecule is COc1ccc([C@H]2CC(=O)Nc3c2ncn3-c2cccc(F)c2)cc1O. The molecule has 6 nitrogen and oxygen atoms in total. The smallest absolute Gasteiger partial charge is 0.226 e. The second-order valence-corrected chi connectivity index (χ2v) is 6.06. The van der Waals surface area contributed by atoms with Crippen LogP contribution in [0.15, 0.2) is 48.8 Å². The Morgan fingerprint density at radius 2 is 2.15 bits per heavy atom.